The summed E-state index contributed by atoms with van der Waals surface area (Å²) in [6.07, 6.45) is 1.87. The van der Waals surface area contributed by atoms with E-state index in [-0.39, 0.29) is 0 Å². The Balaban J connectivity index is 3.04. The normalized spacial score (nSPS) is 13.1. The predicted molar refractivity (Wildman–Crippen MR) is 65.0 cm³/mol. The topological polar surface area (TPSA) is 32.6 Å². The second-order valence-electron chi connectivity index (χ2n) is 3.19. The molecular formula is C11H11Cl2NO. The summed E-state index contributed by atoms with van der Waals surface area (Å²) in [5.41, 5.74) is 2.36. The minimum atomic E-state index is 0.511. The SMILES string of the molecule is CC(=C/c1ccc(Cl)c(Cl)c1)/C(C)=N/O. The van der Waals surface area contributed by atoms with Gasteiger partial charge in [-0.25, -0.2) is 0 Å². The van der Waals surface area contributed by atoms with Gasteiger partial charge >= 0.3 is 0 Å². The van der Waals surface area contributed by atoms with E-state index in [9.17, 15) is 0 Å². The number of rotatable bonds is 2. The van der Waals surface area contributed by atoms with E-state index in [0.717, 1.165) is 11.1 Å². The van der Waals surface area contributed by atoms with Gasteiger partial charge in [0.15, 0.2) is 0 Å². The molecule has 0 aliphatic rings. The molecule has 4 heteroatoms. The molecule has 1 aromatic rings. The first kappa shape index (κ1) is 12.1. The van der Waals surface area contributed by atoms with Crippen molar-refractivity contribution >= 4 is 35.0 Å². The van der Waals surface area contributed by atoms with Gasteiger partial charge in [0.05, 0.1) is 15.8 Å². The van der Waals surface area contributed by atoms with E-state index in [0.29, 0.717) is 15.8 Å². The van der Waals surface area contributed by atoms with Crippen LogP contribution >= 0.6 is 23.2 Å². The van der Waals surface area contributed by atoms with Gasteiger partial charge in [-0.2, -0.15) is 0 Å². The van der Waals surface area contributed by atoms with Crippen molar-refractivity contribution in [1.82, 2.24) is 0 Å². The van der Waals surface area contributed by atoms with Gasteiger partial charge in [-0.1, -0.05) is 40.5 Å². The van der Waals surface area contributed by atoms with Crippen molar-refractivity contribution in [2.24, 2.45) is 5.16 Å². The van der Waals surface area contributed by atoms with Crippen molar-refractivity contribution < 1.29 is 5.21 Å². The van der Waals surface area contributed by atoms with Gasteiger partial charge in [0.1, 0.15) is 0 Å². The van der Waals surface area contributed by atoms with Gasteiger partial charge in [0.2, 0.25) is 0 Å². The summed E-state index contributed by atoms with van der Waals surface area (Å²) in [6, 6.07) is 5.34. The molecule has 0 spiro atoms. The molecule has 0 radical (unpaired) electrons. The molecule has 0 fully saturated rings. The maximum Gasteiger partial charge on any atom is 0.0794 e. The third kappa shape index (κ3) is 3.26. The monoisotopic (exact) mass is 243 g/mol. The largest absolute Gasteiger partial charge is 0.411 e. The van der Waals surface area contributed by atoms with Gasteiger partial charge in [0, 0.05) is 0 Å². The minimum absolute atomic E-state index is 0.511. The highest BCUT2D eigenvalue weighted by molar-refractivity contribution is 6.42. The third-order valence-electron chi connectivity index (χ3n) is 2.05. The summed E-state index contributed by atoms with van der Waals surface area (Å²) >= 11 is 11.7. The molecule has 80 valence electrons. The van der Waals surface area contributed by atoms with E-state index in [1.807, 2.05) is 19.1 Å². The van der Waals surface area contributed by atoms with Crippen LogP contribution in [0.5, 0.6) is 0 Å². The first-order chi connectivity index (χ1) is 7.04. The van der Waals surface area contributed by atoms with E-state index < -0.39 is 0 Å². The van der Waals surface area contributed by atoms with Gasteiger partial charge < -0.3 is 5.21 Å². The molecule has 1 N–H and O–H groups in total. The molecule has 15 heavy (non-hydrogen) atoms. The van der Waals surface area contributed by atoms with Gasteiger partial charge in [-0.15, -0.1) is 0 Å². The van der Waals surface area contributed by atoms with Crippen LogP contribution in [0.25, 0.3) is 6.08 Å². The van der Waals surface area contributed by atoms with Crippen molar-refractivity contribution in [3.63, 3.8) is 0 Å². The molecule has 0 bridgehead atoms. The molecule has 0 aliphatic heterocycles. The van der Waals surface area contributed by atoms with E-state index in [1.165, 1.54) is 0 Å². The summed E-state index contributed by atoms with van der Waals surface area (Å²) in [5.74, 6) is 0. The van der Waals surface area contributed by atoms with E-state index in [4.69, 9.17) is 28.4 Å². The molecule has 0 unspecified atom stereocenters. The Morgan fingerprint density at radius 1 is 1.27 bits per heavy atom. The van der Waals surface area contributed by atoms with Crippen LogP contribution < -0.4 is 0 Å². The quantitative estimate of drug-likeness (QED) is 0.471. The Hall–Kier alpha value is -0.990. The fraction of sp³-hybridized carbons (Fsp3) is 0.182. The van der Waals surface area contributed by atoms with Crippen molar-refractivity contribution in [3.8, 4) is 0 Å². The lowest BCUT2D eigenvalue weighted by Gasteiger charge is -2.00. The van der Waals surface area contributed by atoms with Crippen molar-refractivity contribution in [3.05, 3.63) is 39.4 Å². The van der Waals surface area contributed by atoms with Crippen LogP contribution in [0.1, 0.15) is 19.4 Å². The standard InChI is InChI=1S/C11H11Cl2NO/c1-7(8(2)14-15)5-9-3-4-10(12)11(13)6-9/h3-6,15H,1-2H3/b7-5-,14-8+. The number of allylic oxidation sites excluding steroid dienone is 1. The summed E-state index contributed by atoms with van der Waals surface area (Å²) < 4.78 is 0. The first-order valence-electron chi connectivity index (χ1n) is 4.37. The Kier molecular flexibility index (Phi) is 4.18. The van der Waals surface area contributed by atoms with Crippen LogP contribution in [0.3, 0.4) is 0 Å². The zero-order valence-electron chi connectivity index (χ0n) is 8.46. The molecule has 1 rings (SSSR count). The van der Waals surface area contributed by atoms with Crippen LogP contribution in [0.4, 0.5) is 0 Å². The average Bonchev–Trinajstić information content (AvgIpc) is 2.22. The number of oxime groups is 1. The number of halogens is 2. The third-order valence-corrected chi connectivity index (χ3v) is 2.79. The summed E-state index contributed by atoms with van der Waals surface area (Å²) in [6.45, 7) is 3.58. The zero-order valence-corrected chi connectivity index (χ0v) is 9.97. The lowest BCUT2D eigenvalue weighted by Crippen LogP contribution is -1.92. The molecule has 1 aromatic carbocycles. The van der Waals surface area contributed by atoms with Crippen molar-refractivity contribution in [2.75, 3.05) is 0 Å². The zero-order chi connectivity index (χ0) is 11.4. The molecule has 0 heterocycles. The van der Waals surface area contributed by atoms with Crippen LogP contribution in [-0.4, -0.2) is 10.9 Å². The Labute approximate surface area is 98.8 Å². The van der Waals surface area contributed by atoms with Gasteiger partial charge in [-0.3, -0.25) is 0 Å². The van der Waals surface area contributed by atoms with Crippen LogP contribution in [0.2, 0.25) is 10.0 Å². The molecule has 0 atom stereocenters. The molecule has 0 aromatic heterocycles. The summed E-state index contributed by atoms with van der Waals surface area (Å²) in [7, 11) is 0. The van der Waals surface area contributed by atoms with Crippen molar-refractivity contribution in [1.29, 1.82) is 0 Å². The van der Waals surface area contributed by atoms with E-state index in [2.05, 4.69) is 5.16 Å². The molecule has 0 saturated carbocycles. The highest BCUT2D eigenvalue weighted by atomic mass is 35.5. The number of hydrogen-bond donors (Lipinski definition) is 1. The highest BCUT2D eigenvalue weighted by Gasteiger charge is 1.99. The van der Waals surface area contributed by atoms with Crippen molar-refractivity contribution in [2.45, 2.75) is 13.8 Å². The second kappa shape index (κ2) is 5.19. The lowest BCUT2D eigenvalue weighted by molar-refractivity contribution is 0.319. The maximum atomic E-state index is 8.58. The first-order valence-corrected chi connectivity index (χ1v) is 5.12. The number of nitrogens with zero attached hydrogens (tertiary/aromatic N) is 1. The van der Waals surface area contributed by atoms with Gasteiger partial charge in [-0.05, 0) is 37.1 Å². The highest BCUT2D eigenvalue weighted by Crippen LogP contribution is 2.23. The number of benzene rings is 1. The smallest absolute Gasteiger partial charge is 0.0794 e. The number of hydrogen-bond acceptors (Lipinski definition) is 2. The fourth-order valence-corrected chi connectivity index (χ4v) is 1.34. The minimum Gasteiger partial charge on any atom is -0.411 e. The average molecular weight is 244 g/mol. The van der Waals surface area contributed by atoms with E-state index in [1.54, 1.807) is 19.1 Å². The van der Waals surface area contributed by atoms with Crippen LogP contribution in [-0.2, 0) is 0 Å². The fourth-order valence-electron chi connectivity index (χ4n) is 1.04. The second-order valence-corrected chi connectivity index (χ2v) is 4.00. The Morgan fingerprint density at radius 3 is 2.47 bits per heavy atom. The Morgan fingerprint density at radius 2 is 1.93 bits per heavy atom. The maximum absolute atomic E-state index is 8.58. The summed E-state index contributed by atoms with van der Waals surface area (Å²) in [5, 5.41) is 12.7. The van der Waals surface area contributed by atoms with Crippen LogP contribution in [0.15, 0.2) is 28.9 Å². The molecule has 2 nitrogen and oxygen atoms in total. The molecular weight excluding hydrogens is 233 g/mol. The van der Waals surface area contributed by atoms with E-state index >= 15 is 0 Å². The summed E-state index contributed by atoms with van der Waals surface area (Å²) in [4.78, 5) is 0. The van der Waals surface area contributed by atoms with Gasteiger partial charge in [0.25, 0.3) is 0 Å². The molecule has 0 amide bonds. The van der Waals surface area contributed by atoms with Crippen LogP contribution in [0, 0.1) is 0 Å². The Bertz CT molecular complexity index is 425. The lowest BCUT2D eigenvalue weighted by atomic mass is 10.1. The predicted octanol–water partition coefficient (Wildman–Crippen LogP) is 4.25. The molecule has 0 saturated heterocycles. The molecule has 0 aliphatic carbocycles.